The summed E-state index contributed by atoms with van der Waals surface area (Å²) >= 11 is 6.37. The van der Waals surface area contributed by atoms with Gasteiger partial charge in [-0.3, -0.25) is 0 Å². The second-order valence-corrected chi connectivity index (χ2v) is 8.41. The predicted molar refractivity (Wildman–Crippen MR) is 104 cm³/mol. The van der Waals surface area contributed by atoms with E-state index in [9.17, 15) is 0 Å². The smallest absolute Gasteiger partial charge is 0.316 e. The topological polar surface area (TPSA) is 44.5 Å². The van der Waals surface area contributed by atoms with E-state index >= 15 is 0 Å². The highest BCUT2D eigenvalue weighted by Gasteiger charge is 2.58. The molecule has 0 saturated heterocycles. The molecule has 0 radical (unpaired) electrons. The number of rotatable bonds is 1. The second-order valence-electron chi connectivity index (χ2n) is 7.97. The zero-order chi connectivity index (χ0) is 18.8. The van der Waals surface area contributed by atoms with E-state index in [2.05, 4.69) is 25.9 Å². The molecule has 2 aliphatic heterocycles. The monoisotopic (exact) mass is 381 g/mol. The van der Waals surface area contributed by atoms with Crippen LogP contribution in [0.1, 0.15) is 31.9 Å². The Morgan fingerprint density at radius 1 is 1.07 bits per heavy atom. The lowest BCUT2D eigenvalue weighted by molar-refractivity contribution is -0.0566. The number of hydrogen-bond acceptors (Lipinski definition) is 4. The van der Waals surface area contributed by atoms with E-state index in [1.165, 1.54) is 0 Å². The molecule has 2 aliphatic rings. The largest absolute Gasteiger partial charge is 0.493 e. The molecule has 3 aromatic rings. The minimum absolute atomic E-state index is 0.0744. The third kappa shape index (κ3) is 2.26. The fourth-order valence-corrected chi connectivity index (χ4v) is 4.84. The molecule has 1 aromatic heterocycles. The van der Waals surface area contributed by atoms with Crippen molar-refractivity contribution in [1.29, 1.82) is 0 Å². The van der Waals surface area contributed by atoms with Gasteiger partial charge in [0, 0.05) is 27.5 Å². The molecule has 0 amide bonds. The van der Waals surface area contributed by atoms with Gasteiger partial charge in [-0.25, -0.2) is 0 Å². The maximum Gasteiger partial charge on any atom is 0.316 e. The SMILES string of the molecule is CC1(C)Oc2onc(-c3ccccc3)c2[C@@]2(C)c3cc(Cl)ccc3OC[C@@H]12. The van der Waals surface area contributed by atoms with Crippen LogP contribution in [0.4, 0.5) is 0 Å². The number of benzene rings is 2. The minimum Gasteiger partial charge on any atom is -0.493 e. The Labute approximate surface area is 163 Å². The Balaban J connectivity index is 1.83. The summed E-state index contributed by atoms with van der Waals surface area (Å²) in [5.41, 5.74) is 2.94. The highest BCUT2D eigenvalue weighted by Crippen LogP contribution is 2.59. The summed E-state index contributed by atoms with van der Waals surface area (Å²) in [5.74, 6) is 1.40. The number of hydrogen-bond donors (Lipinski definition) is 0. The maximum atomic E-state index is 6.37. The van der Waals surface area contributed by atoms with E-state index < -0.39 is 11.0 Å². The Morgan fingerprint density at radius 2 is 1.85 bits per heavy atom. The van der Waals surface area contributed by atoms with E-state index in [4.69, 9.17) is 25.6 Å². The quantitative estimate of drug-likeness (QED) is 0.559. The normalized spacial score (nSPS) is 24.8. The average molecular weight is 382 g/mol. The molecule has 0 N–H and O–H groups in total. The lowest BCUT2D eigenvalue weighted by Gasteiger charge is -2.51. The first-order valence-corrected chi connectivity index (χ1v) is 9.46. The van der Waals surface area contributed by atoms with Crippen molar-refractivity contribution < 1.29 is 14.0 Å². The molecule has 3 heterocycles. The third-order valence-electron chi connectivity index (χ3n) is 6.03. The van der Waals surface area contributed by atoms with Crippen LogP contribution in [0.2, 0.25) is 5.02 Å². The highest BCUT2D eigenvalue weighted by molar-refractivity contribution is 6.30. The Morgan fingerprint density at radius 3 is 2.63 bits per heavy atom. The molecular formula is C22H20ClNO3. The van der Waals surface area contributed by atoms with Crippen molar-refractivity contribution in [2.45, 2.75) is 31.8 Å². The molecule has 2 aromatic carbocycles. The van der Waals surface area contributed by atoms with Gasteiger partial charge in [0.1, 0.15) is 17.0 Å². The molecule has 0 unspecified atom stereocenters. The van der Waals surface area contributed by atoms with Crippen LogP contribution in [0.3, 0.4) is 0 Å². The fourth-order valence-electron chi connectivity index (χ4n) is 4.67. The molecular weight excluding hydrogens is 362 g/mol. The summed E-state index contributed by atoms with van der Waals surface area (Å²) < 4.78 is 18.0. The van der Waals surface area contributed by atoms with E-state index in [0.717, 1.165) is 28.1 Å². The summed E-state index contributed by atoms with van der Waals surface area (Å²) in [7, 11) is 0. The standard InChI is InChI=1S/C22H20ClNO3/c1-21(2)17-12-25-16-10-9-14(23)11-15(16)22(17,3)18-19(24-27-20(18)26-21)13-7-5-4-6-8-13/h4-11,17H,12H2,1-3H3/t17-,22-/m0/s1. The molecule has 0 spiro atoms. The molecule has 5 rings (SSSR count). The van der Waals surface area contributed by atoms with Crippen LogP contribution in [-0.4, -0.2) is 17.4 Å². The zero-order valence-electron chi connectivity index (χ0n) is 15.5. The van der Waals surface area contributed by atoms with Crippen LogP contribution in [0.5, 0.6) is 11.7 Å². The summed E-state index contributed by atoms with van der Waals surface area (Å²) in [6, 6.07) is 15.9. The van der Waals surface area contributed by atoms with Crippen LogP contribution >= 0.6 is 11.6 Å². The Bertz CT molecular complexity index is 1030. The molecule has 138 valence electrons. The first-order valence-electron chi connectivity index (χ1n) is 9.08. The van der Waals surface area contributed by atoms with Crippen LogP contribution in [0.15, 0.2) is 53.1 Å². The van der Waals surface area contributed by atoms with Gasteiger partial charge in [-0.05, 0) is 32.0 Å². The van der Waals surface area contributed by atoms with Gasteiger partial charge < -0.3 is 14.0 Å². The zero-order valence-corrected chi connectivity index (χ0v) is 16.2. The lowest BCUT2D eigenvalue weighted by Crippen LogP contribution is -2.57. The van der Waals surface area contributed by atoms with Crippen LogP contribution < -0.4 is 9.47 Å². The van der Waals surface area contributed by atoms with E-state index in [0.29, 0.717) is 17.6 Å². The van der Waals surface area contributed by atoms with Crippen LogP contribution in [-0.2, 0) is 5.41 Å². The summed E-state index contributed by atoms with van der Waals surface area (Å²) in [5, 5.41) is 5.07. The van der Waals surface area contributed by atoms with E-state index in [1.54, 1.807) is 0 Å². The molecule has 27 heavy (non-hydrogen) atoms. The number of fused-ring (bicyclic) bond motifs is 5. The number of nitrogens with zero attached hydrogens (tertiary/aromatic N) is 1. The average Bonchev–Trinajstić information content (AvgIpc) is 3.06. The predicted octanol–water partition coefficient (Wildman–Crippen LogP) is 5.48. The van der Waals surface area contributed by atoms with Crippen molar-refractivity contribution in [2.24, 2.45) is 5.92 Å². The molecule has 0 fully saturated rings. The Kier molecular flexibility index (Phi) is 3.41. The van der Waals surface area contributed by atoms with Crippen LogP contribution in [0, 0.1) is 5.92 Å². The second kappa shape index (κ2) is 5.52. The van der Waals surface area contributed by atoms with Crippen molar-refractivity contribution >= 4 is 11.6 Å². The number of halogens is 1. The number of ether oxygens (including phenoxy) is 2. The van der Waals surface area contributed by atoms with Gasteiger partial charge in [0.25, 0.3) is 0 Å². The van der Waals surface area contributed by atoms with Crippen molar-refractivity contribution in [2.75, 3.05) is 6.61 Å². The third-order valence-corrected chi connectivity index (χ3v) is 6.26. The van der Waals surface area contributed by atoms with E-state index in [1.807, 2.05) is 48.5 Å². The maximum absolute atomic E-state index is 6.37. The fraction of sp³-hybridized carbons (Fsp3) is 0.318. The Hall–Kier alpha value is -2.46. The van der Waals surface area contributed by atoms with Gasteiger partial charge in [0.15, 0.2) is 0 Å². The number of aromatic nitrogens is 1. The van der Waals surface area contributed by atoms with Crippen molar-refractivity contribution in [3.05, 3.63) is 64.7 Å². The summed E-state index contributed by atoms with van der Waals surface area (Å²) in [6.45, 7) is 6.92. The first-order chi connectivity index (χ1) is 12.9. The summed E-state index contributed by atoms with van der Waals surface area (Å²) in [4.78, 5) is 0. The first kappa shape index (κ1) is 16.7. The van der Waals surface area contributed by atoms with Gasteiger partial charge in [0.2, 0.25) is 0 Å². The van der Waals surface area contributed by atoms with Gasteiger partial charge in [-0.2, -0.15) is 0 Å². The molecule has 5 heteroatoms. The van der Waals surface area contributed by atoms with Gasteiger partial charge in [-0.15, -0.1) is 0 Å². The molecule has 0 aliphatic carbocycles. The molecule has 0 saturated carbocycles. The van der Waals surface area contributed by atoms with E-state index in [-0.39, 0.29) is 5.92 Å². The molecule has 0 bridgehead atoms. The molecule has 4 nitrogen and oxygen atoms in total. The highest BCUT2D eigenvalue weighted by atomic mass is 35.5. The van der Waals surface area contributed by atoms with Crippen molar-refractivity contribution in [3.8, 4) is 23.0 Å². The van der Waals surface area contributed by atoms with Gasteiger partial charge in [0.05, 0.1) is 12.2 Å². The lowest BCUT2D eigenvalue weighted by atomic mass is 9.59. The van der Waals surface area contributed by atoms with Crippen molar-refractivity contribution in [3.63, 3.8) is 0 Å². The van der Waals surface area contributed by atoms with Gasteiger partial charge in [-0.1, -0.05) is 54.0 Å². The van der Waals surface area contributed by atoms with Gasteiger partial charge >= 0.3 is 5.95 Å². The summed E-state index contributed by atoms with van der Waals surface area (Å²) in [6.07, 6.45) is 0. The van der Waals surface area contributed by atoms with Crippen molar-refractivity contribution in [1.82, 2.24) is 5.16 Å². The minimum atomic E-state index is -0.477. The van der Waals surface area contributed by atoms with Crippen LogP contribution in [0.25, 0.3) is 11.3 Å². The molecule has 2 atom stereocenters.